The molecule has 2 N–H and O–H groups in total. The Balaban J connectivity index is 2.41. The van der Waals surface area contributed by atoms with E-state index in [0.717, 1.165) is 22.2 Å². The quantitative estimate of drug-likeness (QED) is 0.727. The monoisotopic (exact) mass is 333 g/mol. The van der Waals surface area contributed by atoms with Gasteiger partial charge in [-0.2, -0.15) is 0 Å². The van der Waals surface area contributed by atoms with Crippen LogP contribution in [0.25, 0.3) is 16.7 Å². The van der Waals surface area contributed by atoms with Crippen LogP contribution >= 0.6 is 15.9 Å². The number of rotatable bonds is 1. The van der Waals surface area contributed by atoms with Gasteiger partial charge in [-0.15, -0.1) is 0 Å². The lowest BCUT2D eigenvalue weighted by atomic mass is 10.1. The highest BCUT2D eigenvalue weighted by Crippen LogP contribution is 2.30. The number of aromatic nitrogens is 2. The van der Waals surface area contributed by atoms with Crippen LogP contribution in [0.1, 0.15) is 11.1 Å². The molecule has 5 heteroatoms. The number of nitrogens with two attached hydrogens (primary N) is 1. The summed E-state index contributed by atoms with van der Waals surface area (Å²) in [6, 6.07) is 9.05. The van der Waals surface area contributed by atoms with E-state index in [2.05, 4.69) is 20.9 Å². The van der Waals surface area contributed by atoms with E-state index in [0.29, 0.717) is 16.1 Å². The van der Waals surface area contributed by atoms with Crippen LogP contribution in [0.4, 0.5) is 10.3 Å². The van der Waals surface area contributed by atoms with Crippen LogP contribution in [0.3, 0.4) is 0 Å². The molecule has 1 aromatic heterocycles. The van der Waals surface area contributed by atoms with E-state index in [-0.39, 0.29) is 5.82 Å². The predicted molar refractivity (Wildman–Crippen MR) is 82.6 cm³/mol. The summed E-state index contributed by atoms with van der Waals surface area (Å²) in [6.07, 6.45) is 0. The number of hydrogen-bond donors (Lipinski definition) is 1. The van der Waals surface area contributed by atoms with Gasteiger partial charge in [0.2, 0.25) is 5.95 Å². The first kappa shape index (κ1) is 13.1. The Labute approximate surface area is 124 Å². The van der Waals surface area contributed by atoms with E-state index < -0.39 is 0 Å². The Morgan fingerprint density at radius 1 is 1.20 bits per heavy atom. The fraction of sp³-hybridized carbons (Fsp3) is 0.133. The van der Waals surface area contributed by atoms with E-state index >= 15 is 0 Å². The molecule has 3 aromatic rings. The second-order valence-corrected chi connectivity index (χ2v) is 5.66. The minimum Gasteiger partial charge on any atom is -0.369 e. The average Bonchev–Trinajstić information content (AvgIpc) is 2.71. The first-order valence-electron chi connectivity index (χ1n) is 6.18. The molecule has 0 unspecified atom stereocenters. The molecule has 0 atom stereocenters. The molecule has 0 aliphatic rings. The van der Waals surface area contributed by atoms with Crippen LogP contribution < -0.4 is 5.73 Å². The van der Waals surface area contributed by atoms with Gasteiger partial charge in [0.05, 0.1) is 21.2 Å². The van der Waals surface area contributed by atoms with Gasteiger partial charge < -0.3 is 5.73 Å². The van der Waals surface area contributed by atoms with E-state index in [4.69, 9.17) is 5.73 Å². The lowest BCUT2D eigenvalue weighted by molar-refractivity contribution is 0.619. The number of para-hydroxylation sites is 1. The number of imidazole rings is 1. The second kappa shape index (κ2) is 4.59. The van der Waals surface area contributed by atoms with Crippen LogP contribution in [0.5, 0.6) is 0 Å². The Kier molecular flexibility index (Phi) is 3.01. The van der Waals surface area contributed by atoms with Gasteiger partial charge in [-0.25, -0.2) is 9.37 Å². The van der Waals surface area contributed by atoms with Crippen molar-refractivity contribution in [2.75, 3.05) is 5.73 Å². The summed E-state index contributed by atoms with van der Waals surface area (Å²) in [5.41, 5.74) is 10.4. The number of benzene rings is 2. The Hall–Kier alpha value is -1.88. The number of anilines is 1. The molecule has 3 rings (SSSR count). The first-order valence-corrected chi connectivity index (χ1v) is 6.98. The number of fused-ring (bicyclic) bond motifs is 1. The third kappa shape index (κ3) is 1.89. The van der Waals surface area contributed by atoms with Gasteiger partial charge in [-0.1, -0.05) is 12.1 Å². The highest BCUT2D eigenvalue weighted by Gasteiger charge is 2.15. The SMILES string of the molecule is Cc1cc(Br)c(F)cc1-n1c(N)nc2cccc(C)c21. The lowest BCUT2D eigenvalue weighted by Crippen LogP contribution is -2.04. The number of halogens is 2. The lowest BCUT2D eigenvalue weighted by Gasteiger charge is -2.12. The van der Waals surface area contributed by atoms with Crippen molar-refractivity contribution < 1.29 is 4.39 Å². The highest BCUT2D eigenvalue weighted by atomic mass is 79.9. The van der Waals surface area contributed by atoms with E-state index in [1.165, 1.54) is 6.07 Å². The van der Waals surface area contributed by atoms with Crippen molar-refractivity contribution in [1.82, 2.24) is 9.55 Å². The van der Waals surface area contributed by atoms with Gasteiger partial charge in [0.25, 0.3) is 0 Å². The molecular weight excluding hydrogens is 321 g/mol. The van der Waals surface area contributed by atoms with Crippen molar-refractivity contribution in [1.29, 1.82) is 0 Å². The molecule has 0 aliphatic carbocycles. The molecule has 0 aliphatic heterocycles. The molecule has 0 radical (unpaired) electrons. The van der Waals surface area contributed by atoms with Crippen LogP contribution in [0.2, 0.25) is 0 Å². The van der Waals surface area contributed by atoms with Gasteiger partial charge in [-0.3, -0.25) is 4.57 Å². The Morgan fingerprint density at radius 3 is 2.70 bits per heavy atom. The summed E-state index contributed by atoms with van der Waals surface area (Å²) in [5.74, 6) is 0.0413. The molecule has 20 heavy (non-hydrogen) atoms. The van der Waals surface area contributed by atoms with Gasteiger partial charge in [0, 0.05) is 0 Å². The standard InChI is InChI=1S/C15H13BrFN3/c1-8-4-3-5-12-14(8)20(15(18)19-12)13-7-11(17)10(16)6-9(13)2/h3-7H,1-2H3,(H2,18,19). The zero-order chi connectivity index (χ0) is 14.4. The van der Waals surface area contributed by atoms with Crippen LogP contribution in [0, 0.1) is 19.7 Å². The van der Waals surface area contributed by atoms with Crippen molar-refractivity contribution in [3.05, 3.63) is 51.7 Å². The van der Waals surface area contributed by atoms with Gasteiger partial charge in [0.1, 0.15) is 5.82 Å². The molecule has 0 saturated carbocycles. The molecule has 3 nitrogen and oxygen atoms in total. The molecule has 0 saturated heterocycles. The normalized spacial score (nSPS) is 11.2. The molecule has 0 fully saturated rings. The van der Waals surface area contributed by atoms with E-state index in [1.807, 2.05) is 32.0 Å². The van der Waals surface area contributed by atoms with Crippen molar-refractivity contribution in [2.24, 2.45) is 0 Å². The second-order valence-electron chi connectivity index (χ2n) is 4.80. The van der Waals surface area contributed by atoms with Crippen LogP contribution in [0.15, 0.2) is 34.8 Å². The third-order valence-electron chi connectivity index (χ3n) is 3.38. The summed E-state index contributed by atoms with van der Waals surface area (Å²) in [6.45, 7) is 3.91. The van der Waals surface area contributed by atoms with Crippen molar-refractivity contribution in [2.45, 2.75) is 13.8 Å². The average molecular weight is 334 g/mol. The maximum atomic E-state index is 13.9. The first-order chi connectivity index (χ1) is 9.49. The van der Waals surface area contributed by atoms with E-state index in [9.17, 15) is 4.39 Å². The maximum absolute atomic E-state index is 13.9. The predicted octanol–water partition coefficient (Wildman–Crippen LogP) is 4.13. The fourth-order valence-corrected chi connectivity index (χ4v) is 2.89. The van der Waals surface area contributed by atoms with Gasteiger partial charge in [0.15, 0.2) is 0 Å². The zero-order valence-corrected chi connectivity index (χ0v) is 12.7. The molecule has 1 heterocycles. The number of nitrogen functional groups attached to an aromatic ring is 1. The zero-order valence-electron chi connectivity index (χ0n) is 11.1. The molecule has 0 amide bonds. The van der Waals surface area contributed by atoms with Crippen LogP contribution in [-0.4, -0.2) is 9.55 Å². The summed E-state index contributed by atoms with van der Waals surface area (Å²) in [7, 11) is 0. The van der Waals surface area contributed by atoms with Crippen molar-refractivity contribution >= 4 is 32.9 Å². The minimum absolute atomic E-state index is 0.319. The molecule has 0 bridgehead atoms. The van der Waals surface area contributed by atoms with Crippen molar-refractivity contribution in [3.63, 3.8) is 0 Å². The number of aryl methyl sites for hydroxylation is 2. The molecule has 0 spiro atoms. The van der Waals surface area contributed by atoms with Gasteiger partial charge >= 0.3 is 0 Å². The van der Waals surface area contributed by atoms with Crippen molar-refractivity contribution in [3.8, 4) is 5.69 Å². The maximum Gasteiger partial charge on any atom is 0.205 e. The molecule has 102 valence electrons. The number of nitrogens with zero attached hydrogens (tertiary/aromatic N) is 2. The molecule has 2 aromatic carbocycles. The van der Waals surface area contributed by atoms with Gasteiger partial charge in [-0.05, 0) is 59.1 Å². The third-order valence-corrected chi connectivity index (χ3v) is 3.99. The summed E-state index contributed by atoms with van der Waals surface area (Å²) < 4.78 is 16.1. The smallest absolute Gasteiger partial charge is 0.205 e. The highest BCUT2D eigenvalue weighted by molar-refractivity contribution is 9.10. The summed E-state index contributed by atoms with van der Waals surface area (Å²) in [4.78, 5) is 4.35. The molecular formula is C15H13BrFN3. The fourth-order valence-electron chi connectivity index (χ4n) is 2.43. The number of hydrogen-bond acceptors (Lipinski definition) is 2. The Bertz CT molecular complexity index is 824. The largest absolute Gasteiger partial charge is 0.369 e. The minimum atomic E-state index is -0.319. The topological polar surface area (TPSA) is 43.8 Å². The van der Waals surface area contributed by atoms with E-state index in [1.54, 1.807) is 10.6 Å². The Morgan fingerprint density at radius 2 is 1.95 bits per heavy atom. The van der Waals surface area contributed by atoms with Crippen LogP contribution in [-0.2, 0) is 0 Å². The summed E-state index contributed by atoms with van der Waals surface area (Å²) >= 11 is 3.20. The summed E-state index contributed by atoms with van der Waals surface area (Å²) in [5, 5.41) is 0.